The van der Waals surface area contributed by atoms with E-state index in [9.17, 15) is 9.90 Å². The lowest BCUT2D eigenvalue weighted by molar-refractivity contribution is -0.144. The van der Waals surface area contributed by atoms with Gasteiger partial charge in [0.25, 0.3) is 0 Å². The molecule has 0 saturated carbocycles. The largest absolute Gasteiger partial charge is 0.480 e. The molecule has 1 aliphatic rings. The number of aliphatic carboxylic acids is 1. The zero-order chi connectivity index (χ0) is 13.2. The van der Waals surface area contributed by atoms with Gasteiger partial charge in [-0.25, -0.2) is 0 Å². The van der Waals surface area contributed by atoms with E-state index in [2.05, 4.69) is 22.4 Å². The van der Waals surface area contributed by atoms with E-state index in [0.29, 0.717) is 0 Å². The lowest BCUT2D eigenvalue weighted by atomic mass is 10.0. The molecule has 0 unspecified atom stereocenters. The normalized spacial score (nSPS) is 20.7. The summed E-state index contributed by atoms with van der Waals surface area (Å²) >= 11 is 1.74. The third-order valence-electron chi connectivity index (χ3n) is 3.83. The number of carbonyl (C=O) groups is 1. The Bertz CT molecular complexity index is 593. The molecule has 100 valence electrons. The van der Waals surface area contributed by atoms with Gasteiger partial charge in [0.2, 0.25) is 0 Å². The highest BCUT2D eigenvalue weighted by molar-refractivity contribution is 7.17. The molecule has 0 radical (unpaired) electrons. The van der Waals surface area contributed by atoms with Crippen molar-refractivity contribution in [3.05, 3.63) is 35.2 Å². The summed E-state index contributed by atoms with van der Waals surface area (Å²) in [6, 6.07) is 8.02. The van der Waals surface area contributed by atoms with Gasteiger partial charge >= 0.3 is 5.97 Å². The maximum Gasteiger partial charge on any atom is 0.320 e. The van der Waals surface area contributed by atoms with E-state index >= 15 is 0 Å². The Morgan fingerprint density at radius 3 is 3.05 bits per heavy atom. The van der Waals surface area contributed by atoms with Gasteiger partial charge in [-0.1, -0.05) is 24.6 Å². The summed E-state index contributed by atoms with van der Waals surface area (Å²) < 4.78 is 1.28. The van der Waals surface area contributed by atoms with Crippen molar-refractivity contribution in [2.45, 2.75) is 31.8 Å². The standard InChI is InChI=1S/C15H17NO2S/c17-15(18)13-6-3-4-8-16(13)9-11-10-19-14-7-2-1-5-12(11)14/h1-2,5,7,10,13H,3-4,6,8-9H2,(H,17,18)/t13-/m0/s1. The zero-order valence-corrected chi connectivity index (χ0v) is 11.5. The first-order valence-corrected chi connectivity index (χ1v) is 7.55. The predicted molar refractivity (Wildman–Crippen MR) is 77.5 cm³/mol. The molecular formula is C15H17NO2S. The summed E-state index contributed by atoms with van der Waals surface area (Å²) in [7, 11) is 0. The minimum absolute atomic E-state index is 0.313. The van der Waals surface area contributed by atoms with E-state index in [-0.39, 0.29) is 6.04 Å². The molecule has 1 N–H and O–H groups in total. The maximum atomic E-state index is 11.3. The van der Waals surface area contributed by atoms with Crippen molar-refractivity contribution in [3.8, 4) is 0 Å². The van der Waals surface area contributed by atoms with Crippen LogP contribution in [0.1, 0.15) is 24.8 Å². The number of rotatable bonds is 3. The Hall–Kier alpha value is -1.39. The Kier molecular flexibility index (Phi) is 3.53. The number of nitrogens with zero attached hydrogens (tertiary/aromatic N) is 1. The molecule has 3 rings (SSSR count). The molecule has 1 atom stereocenters. The molecule has 1 aromatic carbocycles. The molecule has 0 aliphatic carbocycles. The van der Waals surface area contributed by atoms with Gasteiger partial charge in [-0.15, -0.1) is 11.3 Å². The fourth-order valence-corrected chi connectivity index (χ4v) is 3.79. The van der Waals surface area contributed by atoms with Crippen LogP contribution in [0.4, 0.5) is 0 Å². The van der Waals surface area contributed by atoms with E-state index in [1.807, 2.05) is 12.1 Å². The van der Waals surface area contributed by atoms with Crippen LogP contribution in [-0.4, -0.2) is 28.6 Å². The highest BCUT2D eigenvalue weighted by atomic mass is 32.1. The van der Waals surface area contributed by atoms with Gasteiger partial charge in [-0.3, -0.25) is 9.69 Å². The number of hydrogen-bond donors (Lipinski definition) is 1. The monoisotopic (exact) mass is 275 g/mol. The van der Waals surface area contributed by atoms with E-state index in [1.54, 1.807) is 11.3 Å². The van der Waals surface area contributed by atoms with Crippen LogP contribution in [0.15, 0.2) is 29.6 Å². The van der Waals surface area contributed by atoms with Crippen molar-refractivity contribution in [2.24, 2.45) is 0 Å². The summed E-state index contributed by atoms with van der Waals surface area (Å²) in [6.07, 6.45) is 2.90. The number of likely N-dealkylation sites (tertiary alicyclic amines) is 1. The maximum absolute atomic E-state index is 11.3. The minimum Gasteiger partial charge on any atom is -0.480 e. The molecule has 0 bridgehead atoms. The molecule has 2 aromatic rings. The third kappa shape index (κ3) is 2.51. The number of piperidine rings is 1. The lowest BCUT2D eigenvalue weighted by Gasteiger charge is -2.32. The van der Waals surface area contributed by atoms with Gasteiger partial charge in [-0.2, -0.15) is 0 Å². The number of hydrogen-bond acceptors (Lipinski definition) is 3. The molecule has 1 aliphatic heterocycles. The fraction of sp³-hybridized carbons (Fsp3) is 0.400. The van der Waals surface area contributed by atoms with Crippen LogP contribution in [0, 0.1) is 0 Å². The van der Waals surface area contributed by atoms with Gasteiger partial charge in [0.15, 0.2) is 0 Å². The second kappa shape index (κ2) is 5.31. The lowest BCUT2D eigenvalue weighted by Crippen LogP contribution is -2.43. The second-order valence-electron chi connectivity index (χ2n) is 5.08. The van der Waals surface area contributed by atoms with Gasteiger partial charge < -0.3 is 5.11 Å². The Balaban J connectivity index is 1.85. The second-order valence-corrected chi connectivity index (χ2v) is 5.99. The molecule has 2 heterocycles. The summed E-state index contributed by atoms with van der Waals surface area (Å²) in [4.78, 5) is 13.4. The van der Waals surface area contributed by atoms with Crippen molar-refractivity contribution < 1.29 is 9.90 Å². The first-order chi connectivity index (χ1) is 9.25. The predicted octanol–water partition coefficient (Wildman–Crippen LogP) is 3.34. The number of carboxylic acid groups (broad SMARTS) is 1. The van der Waals surface area contributed by atoms with E-state index in [0.717, 1.165) is 32.4 Å². The van der Waals surface area contributed by atoms with Crippen LogP contribution in [0.3, 0.4) is 0 Å². The summed E-state index contributed by atoms with van der Waals surface area (Å²) in [6.45, 7) is 1.64. The quantitative estimate of drug-likeness (QED) is 0.934. The smallest absolute Gasteiger partial charge is 0.320 e. The minimum atomic E-state index is -0.681. The number of thiophene rings is 1. The molecule has 1 aromatic heterocycles. The Morgan fingerprint density at radius 2 is 2.21 bits per heavy atom. The van der Waals surface area contributed by atoms with Gasteiger partial charge in [0.1, 0.15) is 6.04 Å². The third-order valence-corrected chi connectivity index (χ3v) is 4.85. The SMILES string of the molecule is O=C(O)[C@@H]1CCCCN1Cc1csc2ccccc12. The van der Waals surface area contributed by atoms with Crippen molar-refractivity contribution >= 4 is 27.4 Å². The van der Waals surface area contributed by atoms with E-state index < -0.39 is 5.97 Å². The molecule has 4 heteroatoms. The van der Waals surface area contributed by atoms with Crippen molar-refractivity contribution in [1.82, 2.24) is 4.90 Å². The average Bonchev–Trinajstić information content (AvgIpc) is 2.83. The average molecular weight is 275 g/mol. The van der Waals surface area contributed by atoms with Gasteiger partial charge in [-0.05, 0) is 41.8 Å². The van der Waals surface area contributed by atoms with Crippen LogP contribution in [0.5, 0.6) is 0 Å². The van der Waals surface area contributed by atoms with Crippen molar-refractivity contribution in [3.63, 3.8) is 0 Å². The molecule has 0 amide bonds. The van der Waals surface area contributed by atoms with Crippen molar-refractivity contribution in [2.75, 3.05) is 6.54 Å². The zero-order valence-electron chi connectivity index (χ0n) is 10.7. The van der Waals surface area contributed by atoms with Crippen LogP contribution in [-0.2, 0) is 11.3 Å². The van der Waals surface area contributed by atoms with Crippen LogP contribution in [0.2, 0.25) is 0 Å². The first-order valence-electron chi connectivity index (χ1n) is 6.67. The topological polar surface area (TPSA) is 40.5 Å². The number of carboxylic acids is 1. The molecule has 1 saturated heterocycles. The Labute approximate surface area is 116 Å². The summed E-state index contributed by atoms with van der Waals surface area (Å²) in [5.74, 6) is -0.681. The highest BCUT2D eigenvalue weighted by Crippen LogP contribution is 2.28. The number of fused-ring (bicyclic) bond motifs is 1. The highest BCUT2D eigenvalue weighted by Gasteiger charge is 2.28. The van der Waals surface area contributed by atoms with Gasteiger partial charge in [0.05, 0.1) is 0 Å². The molecule has 3 nitrogen and oxygen atoms in total. The van der Waals surface area contributed by atoms with Gasteiger partial charge in [0, 0.05) is 11.2 Å². The molecule has 1 fully saturated rings. The van der Waals surface area contributed by atoms with Crippen molar-refractivity contribution in [1.29, 1.82) is 0 Å². The fourth-order valence-electron chi connectivity index (χ4n) is 2.83. The molecular weight excluding hydrogens is 258 g/mol. The number of benzene rings is 1. The van der Waals surface area contributed by atoms with Crippen LogP contribution >= 0.6 is 11.3 Å². The Morgan fingerprint density at radius 1 is 1.37 bits per heavy atom. The molecule has 0 spiro atoms. The van der Waals surface area contributed by atoms with E-state index in [4.69, 9.17) is 0 Å². The summed E-state index contributed by atoms with van der Waals surface area (Å²) in [5.41, 5.74) is 1.26. The van der Waals surface area contributed by atoms with E-state index in [1.165, 1.54) is 15.6 Å². The van der Waals surface area contributed by atoms with Crippen LogP contribution in [0.25, 0.3) is 10.1 Å². The summed E-state index contributed by atoms with van der Waals surface area (Å²) in [5, 5.41) is 12.7. The first kappa shape index (κ1) is 12.6. The molecule has 19 heavy (non-hydrogen) atoms. The van der Waals surface area contributed by atoms with Crippen LogP contribution < -0.4 is 0 Å².